The molecule has 1 saturated carbocycles. The molecule has 41 heavy (non-hydrogen) atoms. The standard InChI is InChI=1S/C32H37N5O4/c1-19(20(17-33)18-34-21-11-15-36(16-12-21)31(41)32(2)13-4-14-32)22-7-8-25-28-23(22)5-3-6-24(28)30(40)37(25)26-9-10-27(38)35-29(26)39/h3,5-8,17-19,21,26,33-34H,4,9-16H2,1-2H3,(H,35,38,39)/b20-18+,33-17?/t19-,26?/m0/s1. The molecule has 9 heteroatoms. The van der Waals surface area contributed by atoms with Crippen LogP contribution in [0.3, 0.4) is 0 Å². The zero-order valence-electron chi connectivity index (χ0n) is 23.7. The number of nitrogens with zero attached hydrogens (tertiary/aromatic N) is 2. The minimum Gasteiger partial charge on any atom is -0.388 e. The van der Waals surface area contributed by atoms with E-state index in [2.05, 4.69) is 24.5 Å². The van der Waals surface area contributed by atoms with Gasteiger partial charge in [0.25, 0.3) is 5.91 Å². The van der Waals surface area contributed by atoms with E-state index in [1.165, 1.54) is 11.1 Å². The van der Waals surface area contributed by atoms with E-state index in [9.17, 15) is 19.2 Å². The molecule has 0 spiro atoms. The maximum absolute atomic E-state index is 13.5. The van der Waals surface area contributed by atoms with Gasteiger partial charge in [-0.05, 0) is 60.8 Å². The molecule has 3 heterocycles. The van der Waals surface area contributed by atoms with Gasteiger partial charge in [-0.25, -0.2) is 0 Å². The summed E-state index contributed by atoms with van der Waals surface area (Å²) in [7, 11) is 0. The average molecular weight is 556 g/mol. The Labute approximate surface area is 239 Å². The fourth-order valence-electron chi connectivity index (χ4n) is 6.88. The first-order valence-corrected chi connectivity index (χ1v) is 14.7. The van der Waals surface area contributed by atoms with Crippen molar-refractivity contribution >= 4 is 46.3 Å². The molecule has 3 fully saturated rings. The first-order valence-electron chi connectivity index (χ1n) is 14.7. The highest BCUT2D eigenvalue weighted by atomic mass is 16.2. The topological polar surface area (TPSA) is 123 Å². The smallest absolute Gasteiger partial charge is 0.259 e. The van der Waals surface area contributed by atoms with Crippen LogP contribution in [0, 0.1) is 10.8 Å². The number of hydrogen-bond acceptors (Lipinski definition) is 6. The van der Waals surface area contributed by atoms with Crippen LogP contribution in [0.1, 0.15) is 80.6 Å². The predicted octanol–water partition coefficient (Wildman–Crippen LogP) is 4.01. The number of rotatable bonds is 7. The summed E-state index contributed by atoms with van der Waals surface area (Å²) in [6.45, 7) is 5.65. The Morgan fingerprint density at radius 1 is 1.12 bits per heavy atom. The molecule has 2 saturated heterocycles. The average Bonchev–Trinajstić information content (AvgIpc) is 3.24. The van der Waals surface area contributed by atoms with E-state index >= 15 is 0 Å². The summed E-state index contributed by atoms with van der Waals surface area (Å²) in [6.07, 6.45) is 8.67. The molecule has 2 aromatic carbocycles. The fraction of sp³-hybridized carbons (Fsp3) is 0.469. The highest BCUT2D eigenvalue weighted by molar-refractivity contribution is 6.27. The van der Waals surface area contributed by atoms with Crippen molar-refractivity contribution in [1.82, 2.24) is 15.5 Å². The first kappa shape index (κ1) is 27.2. The lowest BCUT2D eigenvalue weighted by atomic mass is 9.69. The van der Waals surface area contributed by atoms with Gasteiger partial charge in [-0.15, -0.1) is 0 Å². The first-order chi connectivity index (χ1) is 19.7. The van der Waals surface area contributed by atoms with Gasteiger partial charge >= 0.3 is 0 Å². The van der Waals surface area contributed by atoms with Crippen LogP contribution < -0.4 is 15.5 Å². The van der Waals surface area contributed by atoms with Crippen LogP contribution >= 0.6 is 0 Å². The summed E-state index contributed by atoms with van der Waals surface area (Å²) in [4.78, 5) is 54.3. The van der Waals surface area contributed by atoms with Crippen molar-refractivity contribution in [2.75, 3.05) is 18.0 Å². The van der Waals surface area contributed by atoms with Gasteiger partial charge in [0, 0.05) is 60.2 Å². The number of allylic oxidation sites excluding steroid dienone is 1. The van der Waals surface area contributed by atoms with E-state index in [1.54, 1.807) is 6.07 Å². The lowest BCUT2D eigenvalue weighted by molar-refractivity contribution is -0.147. The van der Waals surface area contributed by atoms with E-state index < -0.39 is 11.9 Å². The summed E-state index contributed by atoms with van der Waals surface area (Å²) in [5, 5.41) is 15.8. The van der Waals surface area contributed by atoms with E-state index in [0.29, 0.717) is 23.6 Å². The van der Waals surface area contributed by atoms with E-state index in [4.69, 9.17) is 5.41 Å². The molecule has 2 atom stereocenters. The number of likely N-dealkylation sites (tertiary alicyclic amines) is 1. The number of anilines is 1. The number of carbonyl (C=O) groups is 4. The number of carbonyl (C=O) groups excluding carboxylic acids is 4. The molecule has 2 aromatic rings. The highest BCUT2D eigenvalue weighted by Crippen LogP contribution is 2.44. The number of hydrogen-bond donors (Lipinski definition) is 3. The van der Waals surface area contributed by atoms with E-state index in [1.807, 2.05) is 35.4 Å². The Hall–Kier alpha value is -4.01. The maximum atomic E-state index is 13.5. The van der Waals surface area contributed by atoms with Crippen molar-refractivity contribution < 1.29 is 19.2 Å². The number of amides is 4. The van der Waals surface area contributed by atoms with Crippen LogP contribution in [-0.4, -0.2) is 59.9 Å². The minimum atomic E-state index is -0.724. The quantitative estimate of drug-likeness (QED) is 0.352. The monoisotopic (exact) mass is 555 g/mol. The van der Waals surface area contributed by atoms with Gasteiger partial charge in [0.05, 0.1) is 5.69 Å². The molecule has 1 aliphatic carbocycles. The minimum absolute atomic E-state index is 0.121. The molecular formula is C32H37N5O4. The summed E-state index contributed by atoms with van der Waals surface area (Å²) < 4.78 is 0. The van der Waals surface area contributed by atoms with Crippen molar-refractivity contribution in [2.24, 2.45) is 5.41 Å². The van der Waals surface area contributed by atoms with Crippen molar-refractivity contribution in [3.63, 3.8) is 0 Å². The molecule has 214 valence electrons. The van der Waals surface area contributed by atoms with Crippen molar-refractivity contribution in [2.45, 2.75) is 76.8 Å². The summed E-state index contributed by atoms with van der Waals surface area (Å²) in [6, 6.07) is 9.00. The molecule has 0 aromatic heterocycles. The molecule has 1 unspecified atom stereocenters. The third-order valence-electron chi connectivity index (χ3n) is 9.66. The van der Waals surface area contributed by atoms with Gasteiger partial charge in [-0.2, -0.15) is 0 Å². The van der Waals surface area contributed by atoms with Crippen molar-refractivity contribution in [3.05, 3.63) is 53.2 Å². The van der Waals surface area contributed by atoms with Gasteiger partial charge in [0.15, 0.2) is 0 Å². The predicted molar refractivity (Wildman–Crippen MR) is 157 cm³/mol. The van der Waals surface area contributed by atoms with E-state index in [-0.39, 0.29) is 35.6 Å². The van der Waals surface area contributed by atoms with Gasteiger partial charge in [-0.3, -0.25) is 29.4 Å². The molecule has 3 N–H and O–H groups in total. The molecule has 4 amide bonds. The number of piperidine rings is 2. The Morgan fingerprint density at radius 2 is 1.88 bits per heavy atom. The van der Waals surface area contributed by atoms with Crippen LogP contribution in [0.15, 0.2) is 42.1 Å². The number of benzene rings is 2. The lowest BCUT2D eigenvalue weighted by Crippen LogP contribution is -2.53. The SMILES string of the molecule is C[C@@H](/C(C=N)=C/NC1CCN(C(=O)C2(C)CCC2)CC1)c1ccc2c3c(cccc13)C(=O)N2C1CCC(=O)NC1=O. The summed E-state index contributed by atoms with van der Waals surface area (Å²) in [5.41, 5.74) is 2.88. The fourth-order valence-corrected chi connectivity index (χ4v) is 6.88. The van der Waals surface area contributed by atoms with Crippen LogP contribution in [0.25, 0.3) is 10.8 Å². The van der Waals surface area contributed by atoms with Gasteiger partial charge in [0.2, 0.25) is 17.7 Å². The van der Waals surface area contributed by atoms with Gasteiger partial charge in [0.1, 0.15) is 6.04 Å². The lowest BCUT2D eigenvalue weighted by Gasteiger charge is -2.43. The maximum Gasteiger partial charge on any atom is 0.259 e. The van der Waals surface area contributed by atoms with Crippen molar-refractivity contribution in [1.29, 1.82) is 5.41 Å². The molecule has 0 radical (unpaired) electrons. The highest BCUT2D eigenvalue weighted by Gasteiger charge is 2.43. The number of imide groups is 1. The summed E-state index contributed by atoms with van der Waals surface area (Å²) in [5.74, 6) is -0.810. The van der Waals surface area contributed by atoms with Crippen LogP contribution in [0.2, 0.25) is 0 Å². The molecule has 9 nitrogen and oxygen atoms in total. The molecule has 4 aliphatic rings. The third-order valence-corrected chi connectivity index (χ3v) is 9.66. The van der Waals surface area contributed by atoms with Gasteiger partial charge in [-0.1, -0.05) is 38.5 Å². The Balaban J connectivity index is 1.20. The Morgan fingerprint density at radius 3 is 2.54 bits per heavy atom. The number of nitrogens with one attached hydrogen (secondary N) is 3. The second-order valence-corrected chi connectivity index (χ2v) is 12.2. The summed E-state index contributed by atoms with van der Waals surface area (Å²) >= 11 is 0. The zero-order chi connectivity index (χ0) is 28.9. The van der Waals surface area contributed by atoms with Crippen LogP contribution in [0.5, 0.6) is 0 Å². The molecule has 3 aliphatic heterocycles. The molecule has 0 bridgehead atoms. The van der Waals surface area contributed by atoms with Gasteiger partial charge < -0.3 is 15.6 Å². The van der Waals surface area contributed by atoms with Crippen molar-refractivity contribution in [3.8, 4) is 0 Å². The molecular weight excluding hydrogens is 518 g/mol. The second-order valence-electron chi connectivity index (χ2n) is 12.2. The largest absolute Gasteiger partial charge is 0.388 e. The van der Waals surface area contributed by atoms with Crippen LogP contribution in [-0.2, 0) is 14.4 Å². The second kappa shape index (κ2) is 10.4. The zero-order valence-corrected chi connectivity index (χ0v) is 23.7. The molecule has 6 rings (SSSR count). The Bertz CT molecular complexity index is 1480. The van der Waals surface area contributed by atoms with E-state index in [0.717, 1.165) is 67.1 Å². The third kappa shape index (κ3) is 4.61. The Kier molecular flexibility index (Phi) is 6.91. The van der Waals surface area contributed by atoms with Crippen LogP contribution in [0.4, 0.5) is 5.69 Å². The normalized spacial score (nSPS) is 23.3.